The molecule has 1 saturated carbocycles. The molecule has 102 valence electrons. The molecule has 0 radical (unpaired) electrons. The normalized spacial score (nSPS) is 18.2. The third kappa shape index (κ3) is 2.90. The number of hydrogen-bond acceptors (Lipinski definition) is 2. The lowest BCUT2D eigenvalue weighted by Gasteiger charge is -2.12. The summed E-state index contributed by atoms with van der Waals surface area (Å²) in [5, 5.41) is 0. The monoisotopic (exact) mass is 266 g/mol. The zero-order valence-electron chi connectivity index (χ0n) is 11.6. The maximum absolute atomic E-state index is 11.2. The summed E-state index contributed by atoms with van der Waals surface area (Å²) in [4.78, 5) is 11.2. The van der Waals surface area contributed by atoms with Crippen LogP contribution in [0.3, 0.4) is 0 Å². The highest BCUT2D eigenvalue weighted by Crippen LogP contribution is 2.26. The number of benzene rings is 2. The van der Waals surface area contributed by atoms with Crippen LogP contribution in [0.2, 0.25) is 0 Å². The Morgan fingerprint density at radius 2 is 1.55 bits per heavy atom. The van der Waals surface area contributed by atoms with Gasteiger partial charge in [-0.1, -0.05) is 42.0 Å². The minimum Gasteiger partial charge on any atom is -0.490 e. The molecule has 20 heavy (non-hydrogen) atoms. The average molecular weight is 266 g/mol. The van der Waals surface area contributed by atoms with E-state index in [2.05, 4.69) is 43.3 Å². The van der Waals surface area contributed by atoms with Crippen molar-refractivity contribution in [3.63, 3.8) is 0 Å². The minimum absolute atomic E-state index is 0.0627. The number of hydrogen-bond donors (Lipinski definition) is 0. The van der Waals surface area contributed by atoms with Gasteiger partial charge < -0.3 is 4.74 Å². The van der Waals surface area contributed by atoms with E-state index in [0.717, 1.165) is 12.2 Å². The first-order valence-corrected chi connectivity index (χ1v) is 7.06. The Kier molecular flexibility index (Phi) is 3.55. The number of rotatable bonds is 3. The molecule has 0 aliphatic heterocycles. The Hall–Kier alpha value is -2.09. The predicted molar refractivity (Wildman–Crippen MR) is 79.9 cm³/mol. The van der Waals surface area contributed by atoms with E-state index >= 15 is 0 Å². The largest absolute Gasteiger partial charge is 0.490 e. The molecule has 0 spiro atoms. The molecule has 2 heteroatoms. The van der Waals surface area contributed by atoms with Crippen LogP contribution in [0.4, 0.5) is 0 Å². The maximum atomic E-state index is 11.2. The van der Waals surface area contributed by atoms with E-state index in [4.69, 9.17) is 4.74 Å². The highest BCUT2D eigenvalue weighted by atomic mass is 16.5. The molecule has 3 rings (SSSR count). The van der Waals surface area contributed by atoms with E-state index in [9.17, 15) is 4.79 Å². The Balaban J connectivity index is 1.71. The number of carbonyl (C=O) groups excluding carboxylic acids is 1. The van der Waals surface area contributed by atoms with Gasteiger partial charge in [-0.25, -0.2) is 0 Å². The number of ketones is 1. The van der Waals surface area contributed by atoms with Crippen LogP contribution in [-0.2, 0) is 4.79 Å². The number of Topliss-reactive ketones (excluding diaryl/α,β-unsaturated/α-hetero) is 1. The predicted octanol–water partition coefficient (Wildman–Crippen LogP) is 4.16. The van der Waals surface area contributed by atoms with Gasteiger partial charge in [-0.15, -0.1) is 0 Å². The average Bonchev–Trinajstić information content (AvgIpc) is 2.86. The first-order chi connectivity index (χ1) is 9.70. The number of aryl methyl sites for hydroxylation is 1. The van der Waals surface area contributed by atoms with Crippen molar-refractivity contribution in [2.24, 2.45) is 0 Å². The van der Waals surface area contributed by atoms with Crippen molar-refractivity contribution in [1.82, 2.24) is 0 Å². The maximum Gasteiger partial charge on any atom is 0.136 e. The van der Waals surface area contributed by atoms with Crippen LogP contribution in [0.1, 0.15) is 24.8 Å². The molecule has 1 unspecified atom stereocenters. The number of carbonyl (C=O) groups is 1. The summed E-state index contributed by atoms with van der Waals surface area (Å²) in [7, 11) is 0. The second kappa shape index (κ2) is 5.49. The zero-order valence-corrected chi connectivity index (χ0v) is 11.6. The van der Waals surface area contributed by atoms with E-state index < -0.39 is 0 Å². The Labute approximate surface area is 119 Å². The van der Waals surface area contributed by atoms with Crippen molar-refractivity contribution in [2.45, 2.75) is 32.3 Å². The summed E-state index contributed by atoms with van der Waals surface area (Å²) in [6.45, 7) is 2.09. The second-order valence-corrected chi connectivity index (χ2v) is 5.41. The van der Waals surface area contributed by atoms with Gasteiger partial charge in [0, 0.05) is 12.8 Å². The highest BCUT2D eigenvalue weighted by molar-refractivity contribution is 5.81. The molecule has 0 bridgehead atoms. The van der Waals surface area contributed by atoms with E-state index in [1.165, 1.54) is 16.7 Å². The molecule has 1 aliphatic carbocycles. The third-order valence-electron chi connectivity index (χ3n) is 3.74. The standard InChI is InChI=1S/C18H18O2/c1-13-2-4-14(5-3-13)15-6-9-17(10-7-15)20-18-11-8-16(19)12-18/h2-7,9-10,18H,8,11-12H2,1H3. The van der Waals surface area contributed by atoms with Crippen molar-refractivity contribution in [2.75, 3.05) is 0 Å². The molecule has 0 amide bonds. The first kappa shape index (κ1) is 12.9. The lowest BCUT2D eigenvalue weighted by molar-refractivity contribution is -0.117. The highest BCUT2D eigenvalue weighted by Gasteiger charge is 2.23. The van der Waals surface area contributed by atoms with Gasteiger partial charge in [-0.05, 0) is 36.6 Å². The van der Waals surface area contributed by atoms with Crippen molar-refractivity contribution in [3.05, 3.63) is 54.1 Å². The first-order valence-electron chi connectivity index (χ1n) is 7.06. The molecule has 2 aromatic carbocycles. The Morgan fingerprint density at radius 3 is 2.10 bits per heavy atom. The van der Waals surface area contributed by atoms with Gasteiger partial charge in [0.15, 0.2) is 0 Å². The fraction of sp³-hybridized carbons (Fsp3) is 0.278. The van der Waals surface area contributed by atoms with E-state index in [-0.39, 0.29) is 6.10 Å². The van der Waals surface area contributed by atoms with Crippen LogP contribution in [0, 0.1) is 6.92 Å². The third-order valence-corrected chi connectivity index (χ3v) is 3.74. The van der Waals surface area contributed by atoms with Crippen LogP contribution in [0.5, 0.6) is 5.75 Å². The van der Waals surface area contributed by atoms with Gasteiger partial charge in [-0.3, -0.25) is 4.79 Å². The van der Waals surface area contributed by atoms with E-state index in [1.54, 1.807) is 0 Å². The fourth-order valence-corrected chi connectivity index (χ4v) is 2.55. The molecule has 0 heterocycles. The molecule has 2 aromatic rings. The Bertz CT molecular complexity index is 596. The van der Waals surface area contributed by atoms with Crippen LogP contribution in [0.25, 0.3) is 11.1 Å². The van der Waals surface area contributed by atoms with Crippen molar-refractivity contribution in [1.29, 1.82) is 0 Å². The summed E-state index contributed by atoms with van der Waals surface area (Å²) in [6.07, 6.45) is 2.12. The van der Waals surface area contributed by atoms with Crippen LogP contribution < -0.4 is 4.74 Å². The summed E-state index contributed by atoms with van der Waals surface area (Å²) in [6, 6.07) is 16.6. The van der Waals surface area contributed by atoms with Crippen LogP contribution in [0.15, 0.2) is 48.5 Å². The molecule has 0 N–H and O–H groups in total. The minimum atomic E-state index is 0.0627. The number of ether oxygens (including phenoxy) is 1. The lowest BCUT2D eigenvalue weighted by Crippen LogP contribution is -2.11. The Morgan fingerprint density at radius 1 is 0.950 bits per heavy atom. The molecule has 0 saturated heterocycles. The molecule has 1 atom stereocenters. The summed E-state index contributed by atoms with van der Waals surface area (Å²) in [5.74, 6) is 1.16. The van der Waals surface area contributed by atoms with Crippen LogP contribution >= 0.6 is 0 Å². The second-order valence-electron chi connectivity index (χ2n) is 5.41. The molecule has 1 fully saturated rings. The smallest absolute Gasteiger partial charge is 0.136 e. The lowest BCUT2D eigenvalue weighted by atomic mass is 10.0. The van der Waals surface area contributed by atoms with Gasteiger partial charge in [-0.2, -0.15) is 0 Å². The van der Waals surface area contributed by atoms with Crippen molar-refractivity contribution in [3.8, 4) is 16.9 Å². The van der Waals surface area contributed by atoms with E-state index in [0.29, 0.717) is 18.6 Å². The van der Waals surface area contributed by atoms with Crippen LogP contribution in [-0.4, -0.2) is 11.9 Å². The molecular weight excluding hydrogens is 248 g/mol. The summed E-state index contributed by atoms with van der Waals surface area (Å²) in [5.41, 5.74) is 3.65. The quantitative estimate of drug-likeness (QED) is 0.833. The van der Waals surface area contributed by atoms with Gasteiger partial charge in [0.05, 0.1) is 0 Å². The SMILES string of the molecule is Cc1ccc(-c2ccc(OC3CCC(=O)C3)cc2)cc1. The molecular formula is C18H18O2. The summed E-state index contributed by atoms with van der Waals surface area (Å²) >= 11 is 0. The molecule has 1 aliphatic rings. The summed E-state index contributed by atoms with van der Waals surface area (Å²) < 4.78 is 5.83. The molecule has 2 nitrogen and oxygen atoms in total. The zero-order chi connectivity index (χ0) is 13.9. The fourth-order valence-electron chi connectivity index (χ4n) is 2.55. The van der Waals surface area contributed by atoms with Gasteiger partial charge in [0.2, 0.25) is 0 Å². The van der Waals surface area contributed by atoms with Gasteiger partial charge in [0.1, 0.15) is 17.6 Å². The van der Waals surface area contributed by atoms with E-state index in [1.807, 2.05) is 12.1 Å². The van der Waals surface area contributed by atoms with Gasteiger partial charge >= 0.3 is 0 Å². The van der Waals surface area contributed by atoms with Crippen molar-refractivity contribution < 1.29 is 9.53 Å². The van der Waals surface area contributed by atoms with Gasteiger partial charge in [0.25, 0.3) is 0 Å². The topological polar surface area (TPSA) is 26.3 Å². The van der Waals surface area contributed by atoms with Crippen molar-refractivity contribution >= 4 is 5.78 Å². The molecule has 0 aromatic heterocycles.